The fraction of sp³-hybridized carbons (Fsp3) is 0.400. The van der Waals surface area contributed by atoms with Crippen molar-refractivity contribution in [3.05, 3.63) is 0 Å². The number of hydrogen-bond donors (Lipinski definition) is 1. The third kappa shape index (κ3) is 11.3. The van der Waals surface area contributed by atoms with Crippen molar-refractivity contribution in [3.8, 4) is 131 Å². The zero-order valence-electron chi connectivity index (χ0n) is 26.0. The molecule has 0 bridgehead atoms. The molecular formula is C40H76N2O2. The zero-order chi connectivity index (χ0) is 32.4. The predicted octanol–water partition coefficient (Wildman–Crippen LogP) is 8.41. The van der Waals surface area contributed by atoms with Crippen LogP contribution < -0.4 is 5.32 Å². The first-order valence-corrected chi connectivity index (χ1v) is 14.1. The van der Waals surface area contributed by atoms with E-state index in [1.807, 2.05) is 13.8 Å². The Kier molecular flexibility index (Phi) is 13.5. The highest BCUT2D eigenvalue weighted by atomic mass is 16.2. The minimum absolute atomic E-state index is 0. The molecule has 2 amide bonds. The van der Waals surface area contributed by atoms with Crippen LogP contribution in [-0.2, 0) is 9.59 Å². The summed E-state index contributed by atoms with van der Waals surface area (Å²) in [7, 11) is 0. The second-order valence-corrected chi connectivity index (χ2v) is 11.4. The van der Waals surface area contributed by atoms with Gasteiger partial charge >= 0.3 is 0 Å². The predicted molar refractivity (Wildman–Crippen MR) is 220 cm³/mol. The number of amides is 2. The van der Waals surface area contributed by atoms with Crippen LogP contribution in [-0.4, -0.2) is 33.8 Å². The van der Waals surface area contributed by atoms with Crippen molar-refractivity contribution in [1.82, 2.24) is 10.2 Å². The minimum Gasteiger partial charge on any atom is -0.307 e. The number of terminal acetylenes is 1. The van der Waals surface area contributed by atoms with Gasteiger partial charge in [-0.3, -0.25) is 14.5 Å². The van der Waals surface area contributed by atoms with E-state index in [-0.39, 0.29) is 78.1 Å². The molecule has 4 nitrogen and oxygen atoms in total. The molecule has 258 valence electrons. The number of carbonyl (C=O) groups is 2. The largest absolute Gasteiger partial charge is 0.307 e. The van der Waals surface area contributed by atoms with Crippen LogP contribution in [0.25, 0.3) is 0 Å². The van der Waals surface area contributed by atoms with Gasteiger partial charge in [0.05, 0.1) is 5.92 Å². The van der Waals surface area contributed by atoms with Crippen molar-refractivity contribution in [1.29, 1.82) is 0 Å². The molecule has 0 aliphatic carbocycles. The normalized spacial score (nSPS) is 18.8. The number of piperidine rings is 1. The maximum Gasteiger partial charge on any atom is 0.233 e. The lowest BCUT2D eigenvalue weighted by molar-refractivity contribution is -0.144. The average molecular weight is 617 g/mol. The first-order chi connectivity index (χ1) is 21.0. The Hall–Kier alpha value is -5.74. The molecule has 0 aromatic heterocycles. The van der Waals surface area contributed by atoms with Crippen molar-refractivity contribution in [3.63, 3.8) is 0 Å². The average Bonchev–Trinajstić information content (AvgIpc) is 3.17. The molecule has 0 radical (unpaired) electrons. The van der Waals surface area contributed by atoms with Gasteiger partial charge in [0.1, 0.15) is 0 Å². The summed E-state index contributed by atoms with van der Waals surface area (Å²) in [5, 5.41) is 3.63. The molecule has 0 spiro atoms. The van der Waals surface area contributed by atoms with Gasteiger partial charge in [0.2, 0.25) is 11.8 Å². The Morgan fingerprint density at radius 3 is 1.50 bits per heavy atom. The molecule has 2 aliphatic rings. The zero-order valence-corrected chi connectivity index (χ0v) is 26.0. The number of nitrogens with one attached hydrogen (secondary N) is 1. The number of nitrogens with zero attached hydrogens (tertiary/aromatic N) is 1. The Bertz CT molecular complexity index is 1900. The number of rotatable bonds is 4. The van der Waals surface area contributed by atoms with Crippen LogP contribution in [0.3, 0.4) is 0 Å². The van der Waals surface area contributed by atoms with Crippen LogP contribution in [0.15, 0.2) is 0 Å². The fourth-order valence-corrected chi connectivity index (χ4v) is 5.60. The number of imide groups is 1. The quantitative estimate of drug-likeness (QED) is 0.255. The summed E-state index contributed by atoms with van der Waals surface area (Å²) < 4.78 is 0. The molecule has 1 N–H and O–H groups in total. The second-order valence-electron chi connectivity index (χ2n) is 11.4. The van der Waals surface area contributed by atoms with Crippen molar-refractivity contribution >= 4 is 11.8 Å². The standard InChI is InChI=1S/C40H32N2O2.22H2/c1-8-10-11-12-13-14-15-16-17-18-19-20-21-22-23-24-25-26-27-28-29-30-34(9-2)36-33(3)37(43)42(38(36)44)35-31-39(4,5)41-40(6,7)32-35;;;;;;;;;;;;;;;;;;;;;;/h1,33-36,41H,9,30-32H2,2-7H3;22*1H. The third-order valence-corrected chi connectivity index (χ3v) is 6.90. The Labute approximate surface area is 296 Å². The first-order valence-electron chi connectivity index (χ1n) is 14.1. The van der Waals surface area contributed by atoms with E-state index in [0.717, 1.165) is 19.3 Å². The highest BCUT2D eigenvalue weighted by Crippen LogP contribution is 2.40. The molecule has 0 aromatic carbocycles. The van der Waals surface area contributed by atoms with E-state index in [2.05, 4.69) is 157 Å². The first kappa shape index (κ1) is 34.5. The monoisotopic (exact) mass is 617 g/mol. The Morgan fingerprint density at radius 1 is 0.727 bits per heavy atom. The highest BCUT2D eigenvalue weighted by molar-refractivity contribution is 6.05. The third-order valence-electron chi connectivity index (χ3n) is 6.90. The Balaban J connectivity index is -0.0000000484. The smallest absolute Gasteiger partial charge is 0.233 e. The van der Waals surface area contributed by atoms with Crippen molar-refractivity contribution in [2.24, 2.45) is 17.8 Å². The van der Waals surface area contributed by atoms with Gasteiger partial charge in [-0.25, -0.2) is 0 Å². The van der Waals surface area contributed by atoms with Crippen LogP contribution >= 0.6 is 0 Å². The number of likely N-dealkylation sites (tertiary alicyclic amines) is 1. The van der Waals surface area contributed by atoms with Crippen LogP contribution in [0.1, 0.15) is 98.6 Å². The summed E-state index contributed by atoms with van der Waals surface area (Å²) >= 11 is 0. The lowest BCUT2D eigenvalue weighted by Gasteiger charge is -2.48. The summed E-state index contributed by atoms with van der Waals surface area (Å²) in [6.45, 7) is 12.4. The van der Waals surface area contributed by atoms with Gasteiger partial charge in [-0.15, -0.1) is 6.42 Å². The number of carbonyl (C=O) groups excluding carboxylic acids is 2. The molecule has 2 saturated heterocycles. The molecule has 44 heavy (non-hydrogen) atoms. The van der Waals surface area contributed by atoms with Crippen LogP contribution in [0, 0.1) is 149 Å². The van der Waals surface area contributed by atoms with E-state index in [1.54, 1.807) is 4.90 Å². The van der Waals surface area contributed by atoms with E-state index in [4.69, 9.17) is 6.42 Å². The van der Waals surface area contributed by atoms with Crippen LogP contribution in [0.5, 0.6) is 0 Å². The fourth-order valence-electron chi connectivity index (χ4n) is 5.60. The van der Waals surface area contributed by atoms with E-state index < -0.39 is 0 Å². The van der Waals surface area contributed by atoms with Gasteiger partial charge in [0, 0.05) is 84.5 Å². The maximum atomic E-state index is 13.6. The van der Waals surface area contributed by atoms with Gasteiger partial charge < -0.3 is 5.32 Å². The van der Waals surface area contributed by atoms with Crippen LogP contribution in [0.4, 0.5) is 0 Å². The van der Waals surface area contributed by atoms with Gasteiger partial charge in [-0.05, 0) is 141 Å². The number of hydrogen-bond acceptors (Lipinski definition) is 3. The molecule has 0 aromatic rings. The Morgan fingerprint density at radius 2 is 1.11 bits per heavy atom. The van der Waals surface area contributed by atoms with Gasteiger partial charge in [-0.1, -0.05) is 26.2 Å². The van der Waals surface area contributed by atoms with E-state index in [0.29, 0.717) is 6.42 Å². The molecule has 2 fully saturated rings. The highest BCUT2D eigenvalue weighted by Gasteiger charge is 2.52. The molecule has 3 unspecified atom stereocenters. The summed E-state index contributed by atoms with van der Waals surface area (Å²) in [5.74, 6) is 52.5. The van der Waals surface area contributed by atoms with E-state index >= 15 is 0 Å². The second kappa shape index (κ2) is 17.3. The van der Waals surface area contributed by atoms with Crippen molar-refractivity contribution < 1.29 is 41.0 Å². The van der Waals surface area contributed by atoms with E-state index in [9.17, 15) is 9.59 Å². The summed E-state index contributed by atoms with van der Waals surface area (Å²) in [4.78, 5) is 28.5. The molecule has 2 rings (SSSR count). The van der Waals surface area contributed by atoms with Gasteiger partial charge in [-0.2, -0.15) is 0 Å². The van der Waals surface area contributed by atoms with Gasteiger partial charge in [0.25, 0.3) is 0 Å². The van der Waals surface area contributed by atoms with Crippen LogP contribution in [0.2, 0.25) is 0 Å². The summed E-state index contributed by atoms with van der Waals surface area (Å²) in [6.07, 6.45) is 7.65. The lowest BCUT2D eigenvalue weighted by atomic mass is 9.79. The summed E-state index contributed by atoms with van der Waals surface area (Å²) in [5.41, 5.74) is -0.329. The summed E-state index contributed by atoms with van der Waals surface area (Å²) in [6, 6.07) is -0.110. The molecular weight excluding hydrogens is 540 g/mol. The maximum absolute atomic E-state index is 13.6. The molecule has 2 aliphatic heterocycles. The molecule has 2 heterocycles. The minimum atomic E-state index is -0.372. The lowest BCUT2D eigenvalue weighted by Crippen LogP contribution is -2.63. The SMILES string of the molecule is C#CC#CC#CC#CC#CC#CC#CC#CC#CC#CC#CCC(CC)C1C(=O)N(C2CC(C)(C)NC(C)(C)C2)C(=O)C1C.[HH].[HH].[HH].[HH].[HH].[HH].[HH].[HH].[HH].[HH].[HH].[HH].[HH].[HH].[HH].[HH].[HH].[HH].[HH].[HH].[HH].[HH]. The molecule has 0 saturated carbocycles. The van der Waals surface area contributed by atoms with Crippen molar-refractivity contribution in [2.75, 3.05) is 0 Å². The van der Waals surface area contributed by atoms with E-state index in [1.165, 1.54) is 0 Å². The van der Waals surface area contributed by atoms with Gasteiger partial charge in [0.15, 0.2) is 0 Å². The molecule has 4 heteroatoms. The topological polar surface area (TPSA) is 49.4 Å². The molecule has 3 atom stereocenters. The van der Waals surface area contributed by atoms with Crippen molar-refractivity contribution in [2.45, 2.75) is 84.3 Å².